The van der Waals surface area contributed by atoms with Crippen LogP contribution in [0.2, 0.25) is 0 Å². The normalized spacial score (nSPS) is 15.8. The van der Waals surface area contributed by atoms with Crippen LogP contribution in [0.1, 0.15) is 62.3 Å². The molecule has 2 atom stereocenters. The zero-order chi connectivity index (χ0) is 43.3. The van der Waals surface area contributed by atoms with E-state index in [2.05, 4.69) is 247 Å². The van der Waals surface area contributed by atoms with Gasteiger partial charge in [-0.3, -0.25) is 0 Å². The first-order valence-corrected chi connectivity index (χ1v) is 23.3. The van der Waals surface area contributed by atoms with E-state index in [-0.39, 0.29) is 17.8 Å². The van der Waals surface area contributed by atoms with Crippen LogP contribution in [-0.4, -0.2) is 4.57 Å². The summed E-state index contributed by atoms with van der Waals surface area (Å²) in [7, 11) is 0. The molecule has 1 heterocycles. The third-order valence-electron chi connectivity index (χ3n) is 14.9. The molecule has 10 aromatic carbocycles. The summed E-state index contributed by atoms with van der Waals surface area (Å²) in [6.45, 7) is 0. The molecule has 11 aromatic rings. The molecule has 2 unspecified atom stereocenters. The van der Waals surface area contributed by atoms with E-state index in [1.165, 1.54) is 122 Å². The van der Waals surface area contributed by atoms with E-state index in [4.69, 9.17) is 0 Å². The van der Waals surface area contributed by atoms with Crippen LogP contribution in [0.25, 0.3) is 83.3 Å². The van der Waals surface area contributed by atoms with Gasteiger partial charge in [0, 0.05) is 34.2 Å². The number of hydrogen-bond donors (Lipinski definition) is 0. The quantitative estimate of drug-likeness (QED) is 0.157. The molecule has 308 valence electrons. The number of allylic oxidation sites excluding steroid dienone is 2. The largest absolute Gasteiger partial charge is 0.309 e. The molecule has 0 saturated heterocycles. The lowest BCUT2D eigenvalue weighted by molar-refractivity contribution is 0.732. The molecule has 66 heavy (non-hydrogen) atoms. The van der Waals surface area contributed by atoms with Gasteiger partial charge in [-0.15, -0.1) is 0 Å². The van der Waals surface area contributed by atoms with E-state index in [1.807, 2.05) is 0 Å². The number of para-hydroxylation sites is 2. The average molecular weight is 838 g/mol. The highest BCUT2D eigenvalue weighted by Crippen LogP contribution is 2.52. The molecular formula is C65H43N. The van der Waals surface area contributed by atoms with Crippen molar-refractivity contribution >= 4 is 44.2 Å². The van der Waals surface area contributed by atoms with E-state index in [0.29, 0.717) is 0 Å². The van der Waals surface area contributed by atoms with Gasteiger partial charge in [0.15, 0.2) is 0 Å². The lowest BCUT2D eigenvalue weighted by Gasteiger charge is -2.35. The van der Waals surface area contributed by atoms with Gasteiger partial charge >= 0.3 is 0 Å². The lowest BCUT2D eigenvalue weighted by atomic mass is 9.68. The summed E-state index contributed by atoms with van der Waals surface area (Å²) in [4.78, 5) is 0. The first-order valence-electron chi connectivity index (χ1n) is 23.3. The summed E-state index contributed by atoms with van der Waals surface area (Å²) in [6.07, 6.45) is 7.36. The topological polar surface area (TPSA) is 4.93 Å². The van der Waals surface area contributed by atoms with Crippen LogP contribution in [0.15, 0.2) is 237 Å². The summed E-state index contributed by atoms with van der Waals surface area (Å²) < 4.78 is 2.38. The Morgan fingerprint density at radius 2 is 0.894 bits per heavy atom. The van der Waals surface area contributed by atoms with Gasteiger partial charge in [-0.2, -0.15) is 0 Å². The predicted molar refractivity (Wildman–Crippen MR) is 276 cm³/mol. The average Bonchev–Trinajstić information content (AvgIpc) is 3.91. The monoisotopic (exact) mass is 837 g/mol. The van der Waals surface area contributed by atoms with E-state index < -0.39 is 0 Å². The maximum Gasteiger partial charge on any atom is 0.0541 e. The summed E-state index contributed by atoms with van der Waals surface area (Å²) in [5, 5.41) is 5.26. The third kappa shape index (κ3) is 5.66. The second-order valence-corrected chi connectivity index (χ2v) is 18.3. The van der Waals surface area contributed by atoms with Crippen LogP contribution in [0, 0.1) is 0 Å². The van der Waals surface area contributed by atoms with Crippen LogP contribution >= 0.6 is 0 Å². The molecular weight excluding hydrogens is 795 g/mol. The first kappa shape index (κ1) is 37.1. The van der Waals surface area contributed by atoms with Gasteiger partial charge in [0.2, 0.25) is 0 Å². The molecule has 0 aliphatic heterocycles. The van der Waals surface area contributed by atoms with Crippen LogP contribution < -0.4 is 0 Å². The molecule has 0 spiro atoms. The molecule has 14 rings (SSSR count). The number of nitrogens with zero attached hydrogens (tertiary/aromatic N) is 1. The van der Waals surface area contributed by atoms with Crippen LogP contribution in [-0.2, 0) is 0 Å². The van der Waals surface area contributed by atoms with Gasteiger partial charge in [-0.25, -0.2) is 0 Å². The Kier molecular flexibility index (Phi) is 8.24. The van der Waals surface area contributed by atoms with E-state index >= 15 is 0 Å². The highest BCUT2D eigenvalue weighted by Gasteiger charge is 2.34. The van der Waals surface area contributed by atoms with Crippen LogP contribution in [0.5, 0.6) is 0 Å². The Morgan fingerprint density at radius 1 is 0.364 bits per heavy atom. The number of aromatic nitrogens is 1. The fourth-order valence-electron chi connectivity index (χ4n) is 11.8. The molecule has 0 radical (unpaired) electrons. The minimum atomic E-state index is 0.188. The fraction of sp³-hybridized carbons (Fsp3) is 0.0462. The van der Waals surface area contributed by atoms with Crippen molar-refractivity contribution in [2.24, 2.45) is 0 Å². The molecule has 0 saturated carbocycles. The van der Waals surface area contributed by atoms with E-state index in [1.54, 1.807) is 0 Å². The van der Waals surface area contributed by atoms with Crippen LogP contribution in [0.3, 0.4) is 0 Å². The molecule has 0 N–H and O–H groups in total. The molecule has 0 amide bonds. The van der Waals surface area contributed by atoms with Crippen molar-refractivity contribution in [2.45, 2.75) is 17.8 Å². The Bertz CT molecular complexity index is 3690. The molecule has 0 bridgehead atoms. The highest BCUT2D eigenvalue weighted by atomic mass is 15.0. The molecule has 0 fully saturated rings. The van der Waals surface area contributed by atoms with Gasteiger partial charge < -0.3 is 4.57 Å². The Labute approximate surface area is 384 Å². The number of benzene rings is 10. The predicted octanol–water partition coefficient (Wildman–Crippen LogP) is 16.8. The molecule has 1 heteroatoms. The van der Waals surface area contributed by atoms with Gasteiger partial charge in [-0.05, 0) is 118 Å². The summed E-state index contributed by atoms with van der Waals surface area (Å²) >= 11 is 0. The smallest absolute Gasteiger partial charge is 0.0541 e. The summed E-state index contributed by atoms with van der Waals surface area (Å²) in [6, 6.07) is 83.6. The molecule has 1 aromatic heterocycles. The van der Waals surface area contributed by atoms with Crippen molar-refractivity contribution in [1.29, 1.82) is 0 Å². The Morgan fingerprint density at radius 3 is 1.53 bits per heavy atom. The number of fused-ring (bicyclic) bond motifs is 6. The Hall–Kier alpha value is -8.26. The van der Waals surface area contributed by atoms with Gasteiger partial charge in [-0.1, -0.05) is 218 Å². The zero-order valence-corrected chi connectivity index (χ0v) is 36.3. The fourth-order valence-corrected chi connectivity index (χ4v) is 11.8. The number of hydrogen-bond acceptors (Lipinski definition) is 0. The van der Waals surface area contributed by atoms with Crippen molar-refractivity contribution < 1.29 is 0 Å². The molecule has 1 nitrogen and oxygen atoms in total. The minimum Gasteiger partial charge on any atom is -0.309 e. The zero-order valence-electron chi connectivity index (χ0n) is 36.3. The van der Waals surface area contributed by atoms with Gasteiger partial charge in [0.05, 0.1) is 11.0 Å². The molecule has 3 aliphatic rings. The first-order chi connectivity index (χ1) is 32.7. The minimum absolute atomic E-state index is 0.188. The van der Waals surface area contributed by atoms with Crippen molar-refractivity contribution in [3.8, 4) is 39.1 Å². The van der Waals surface area contributed by atoms with E-state index in [9.17, 15) is 0 Å². The maximum absolute atomic E-state index is 2.55. The van der Waals surface area contributed by atoms with Crippen molar-refractivity contribution in [1.82, 2.24) is 4.57 Å². The summed E-state index contributed by atoms with van der Waals surface area (Å²) in [5.74, 6) is 0.686. The molecule has 3 aliphatic carbocycles. The standard InChI is InChI=1S/C65H43N/c1-3-16-55-51(12-1)52-13-2-4-17-56(52)64(55)49-30-24-43(25-31-49)41-20-26-45(27-21-41)59-40-60(58-39-35-48-11-9-10-47-34-38-57(59)65(58)63(47)48)46-28-22-42(23-29-46)44-32-36-50(37-33-44)66-61-18-7-5-14-53(61)54-15-6-8-19-62(54)66/h1-40,58,60,64H. The van der Waals surface area contributed by atoms with Crippen molar-refractivity contribution in [3.05, 3.63) is 281 Å². The van der Waals surface area contributed by atoms with Crippen LogP contribution in [0.4, 0.5) is 0 Å². The van der Waals surface area contributed by atoms with E-state index in [0.717, 1.165) is 0 Å². The Balaban J connectivity index is 0.794. The second kappa shape index (κ2) is 14.6. The SMILES string of the molecule is C1=CC2c3c(ccc4cccc1c34)C(c1ccc(-c3ccc(C4c5ccccc5-c5ccccc54)cc3)cc1)=CC2c1ccc(-c2ccc(-n3c4ccccc4c4ccccc43)cc2)cc1. The third-order valence-corrected chi connectivity index (χ3v) is 14.9. The second-order valence-electron chi connectivity index (χ2n) is 18.3. The van der Waals surface area contributed by atoms with Gasteiger partial charge in [0.25, 0.3) is 0 Å². The number of rotatable bonds is 6. The van der Waals surface area contributed by atoms with Gasteiger partial charge in [0.1, 0.15) is 0 Å². The highest BCUT2D eigenvalue weighted by molar-refractivity contribution is 6.09. The maximum atomic E-state index is 2.55. The van der Waals surface area contributed by atoms with Crippen molar-refractivity contribution in [2.75, 3.05) is 0 Å². The summed E-state index contributed by atoms with van der Waals surface area (Å²) in [5.41, 5.74) is 23.4. The van der Waals surface area contributed by atoms with Crippen molar-refractivity contribution in [3.63, 3.8) is 0 Å². The lowest BCUT2D eigenvalue weighted by Crippen LogP contribution is -2.17.